The van der Waals surface area contributed by atoms with Crippen LogP contribution in [0.4, 0.5) is 11.4 Å². The number of hydrogen-bond acceptors (Lipinski definition) is 6. The zero-order valence-electron chi connectivity index (χ0n) is 15.9. The summed E-state index contributed by atoms with van der Waals surface area (Å²) in [5.74, 6) is 0.843. The van der Waals surface area contributed by atoms with Crippen LogP contribution in [0.1, 0.15) is 12.8 Å². The molecule has 1 aromatic heterocycles. The van der Waals surface area contributed by atoms with Gasteiger partial charge in [-0.05, 0) is 35.9 Å². The van der Waals surface area contributed by atoms with Gasteiger partial charge in [-0.2, -0.15) is 4.80 Å². The highest BCUT2D eigenvalue weighted by Gasteiger charge is 2.24. The van der Waals surface area contributed by atoms with E-state index in [1.54, 1.807) is 24.1 Å². The number of amides is 2. The number of methoxy groups -OCH3 is 1. The molecular weight excluding hydrogens is 372 g/mol. The van der Waals surface area contributed by atoms with Gasteiger partial charge < -0.3 is 15.0 Å². The molecule has 1 fully saturated rings. The van der Waals surface area contributed by atoms with Crippen molar-refractivity contribution in [3.05, 3.63) is 48.5 Å². The Morgan fingerprint density at radius 3 is 2.86 bits per heavy atom. The van der Waals surface area contributed by atoms with Crippen molar-refractivity contribution in [3.8, 4) is 17.1 Å². The second kappa shape index (κ2) is 8.09. The molecule has 1 saturated heterocycles. The summed E-state index contributed by atoms with van der Waals surface area (Å²) < 4.78 is 5.20. The highest BCUT2D eigenvalue weighted by atomic mass is 16.5. The predicted octanol–water partition coefficient (Wildman–Crippen LogP) is 2.11. The van der Waals surface area contributed by atoms with Crippen LogP contribution in [0.15, 0.2) is 48.5 Å². The van der Waals surface area contributed by atoms with Crippen LogP contribution in [-0.2, 0) is 16.1 Å². The van der Waals surface area contributed by atoms with Gasteiger partial charge in [0.05, 0.1) is 18.5 Å². The third kappa shape index (κ3) is 4.08. The Labute approximate surface area is 167 Å². The molecule has 2 heterocycles. The monoisotopic (exact) mass is 392 g/mol. The lowest BCUT2D eigenvalue weighted by atomic mass is 10.2. The van der Waals surface area contributed by atoms with E-state index in [9.17, 15) is 9.59 Å². The zero-order valence-corrected chi connectivity index (χ0v) is 15.9. The second-order valence-corrected chi connectivity index (χ2v) is 6.59. The van der Waals surface area contributed by atoms with Gasteiger partial charge in [0.25, 0.3) is 0 Å². The van der Waals surface area contributed by atoms with Crippen molar-refractivity contribution >= 4 is 23.2 Å². The Morgan fingerprint density at radius 2 is 2.07 bits per heavy atom. The number of rotatable bonds is 6. The van der Waals surface area contributed by atoms with Crippen molar-refractivity contribution in [1.29, 1.82) is 0 Å². The van der Waals surface area contributed by atoms with Gasteiger partial charge in [0, 0.05) is 18.5 Å². The Bertz CT molecular complexity index is 1050. The number of para-hydroxylation sites is 2. The van der Waals surface area contributed by atoms with Crippen LogP contribution in [0, 0.1) is 0 Å². The van der Waals surface area contributed by atoms with Crippen LogP contribution in [0.3, 0.4) is 0 Å². The lowest BCUT2D eigenvalue weighted by Crippen LogP contribution is -2.26. The number of carbonyl (C=O) groups excluding carboxylic acids is 2. The first kappa shape index (κ1) is 18.6. The standard InChI is InChI=1S/C20H20N6O3/c1-29-15-7-4-6-14(12-15)20-22-24-26(23-20)13-18(27)21-16-8-2-3-9-17(16)25-11-5-10-19(25)28/h2-4,6-9,12H,5,10-11,13H2,1H3,(H,21,27). The average molecular weight is 392 g/mol. The van der Waals surface area contributed by atoms with Crippen molar-refractivity contribution < 1.29 is 14.3 Å². The van der Waals surface area contributed by atoms with Crippen LogP contribution in [0.25, 0.3) is 11.4 Å². The van der Waals surface area contributed by atoms with Crippen LogP contribution >= 0.6 is 0 Å². The maximum Gasteiger partial charge on any atom is 0.248 e. The first-order chi connectivity index (χ1) is 14.1. The molecule has 0 bridgehead atoms. The number of nitrogens with zero attached hydrogens (tertiary/aromatic N) is 5. The van der Waals surface area contributed by atoms with E-state index >= 15 is 0 Å². The van der Waals surface area contributed by atoms with Crippen molar-refractivity contribution in [2.45, 2.75) is 19.4 Å². The number of hydrogen-bond donors (Lipinski definition) is 1. The molecule has 1 N–H and O–H groups in total. The fourth-order valence-corrected chi connectivity index (χ4v) is 3.22. The van der Waals surface area contributed by atoms with E-state index in [4.69, 9.17) is 4.74 Å². The summed E-state index contributed by atoms with van der Waals surface area (Å²) in [7, 11) is 1.58. The molecule has 1 aliphatic heterocycles. The van der Waals surface area contributed by atoms with Gasteiger partial charge in [-0.25, -0.2) is 0 Å². The summed E-state index contributed by atoms with van der Waals surface area (Å²) in [5.41, 5.74) is 2.03. The number of anilines is 2. The van der Waals surface area contributed by atoms with E-state index in [-0.39, 0.29) is 18.4 Å². The number of benzene rings is 2. The van der Waals surface area contributed by atoms with E-state index in [0.29, 0.717) is 35.9 Å². The molecule has 3 aromatic rings. The second-order valence-electron chi connectivity index (χ2n) is 6.59. The summed E-state index contributed by atoms with van der Waals surface area (Å²) in [6.07, 6.45) is 1.34. The average Bonchev–Trinajstić information content (AvgIpc) is 3.37. The Morgan fingerprint density at radius 1 is 1.21 bits per heavy atom. The summed E-state index contributed by atoms with van der Waals surface area (Å²) in [6.45, 7) is 0.555. The van der Waals surface area contributed by atoms with Crippen LogP contribution < -0.4 is 15.0 Å². The van der Waals surface area contributed by atoms with Gasteiger partial charge in [0.1, 0.15) is 12.3 Å². The SMILES string of the molecule is COc1cccc(-c2nnn(CC(=O)Nc3ccccc3N3CCCC3=O)n2)c1. The van der Waals surface area contributed by atoms with Crippen molar-refractivity contribution in [2.24, 2.45) is 0 Å². The maximum absolute atomic E-state index is 12.5. The zero-order chi connectivity index (χ0) is 20.2. The molecule has 0 atom stereocenters. The molecule has 9 nitrogen and oxygen atoms in total. The molecule has 0 aliphatic carbocycles. The van der Waals surface area contributed by atoms with Gasteiger partial charge in [-0.15, -0.1) is 10.2 Å². The van der Waals surface area contributed by atoms with E-state index in [0.717, 1.165) is 12.0 Å². The van der Waals surface area contributed by atoms with Crippen molar-refractivity contribution in [3.63, 3.8) is 0 Å². The van der Waals surface area contributed by atoms with E-state index < -0.39 is 0 Å². The highest BCUT2D eigenvalue weighted by molar-refractivity contribution is 6.01. The predicted molar refractivity (Wildman–Crippen MR) is 106 cm³/mol. The minimum absolute atomic E-state index is 0.0626. The molecule has 0 spiro atoms. The largest absolute Gasteiger partial charge is 0.497 e. The molecule has 2 amide bonds. The number of tetrazole rings is 1. The summed E-state index contributed by atoms with van der Waals surface area (Å²) in [6, 6.07) is 14.5. The molecule has 1 aliphatic rings. The van der Waals surface area contributed by atoms with Crippen LogP contribution in [0.5, 0.6) is 5.75 Å². The first-order valence-electron chi connectivity index (χ1n) is 9.25. The minimum Gasteiger partial charge on any atom is -0.497 e. The fourth-order valence-electron chi connectivity index (χ4n) is 3.22. The molecule has 29 heavy (non-hydrogen) atoms. The Kier molecular flexibility index (Phi) is 5.19. The number of ether oxygens (including phenoxy) is 1. The smallest absolute Gasteiger partial charge is 0.248 e. The quantitative estimate of drug-likeness (QED) is 0.689. The van der Waals surface area contributed by atoms with Gasteiger partial charge in [-0.1, -0.05) is 24.3 Å². The van der Waals surface area contributed by atoms with Crippen molar-refractivity contribution in [2.75, 3.05) is 23.9 Å². The Hall–Kier alpha value is -3.75. The number of nitrogens with one attached hydrogen (secondary N) is 1. The fraction of sp³-hybridized carbons (Fsp3) is 0.250. The normalized spacial score (nSPS) is 13.6. The third-order valence-electron chi connectivity index (χ3n) is 4.61. The van der Waals surface area contributed by atoms with Crippen molar-refractivity contribution in [1.82, 2.24) is 20.2 Å². The van der Waals surface area contributed by atoms with Crippen LogP contribution in [-0.4, -0.2) is 45.7 Å². The van der Waals surface area contributed by atoms with E-state index in [2.05, 4.69) is 20.7 Å². The molecule has 148 valence electrons. The molecule has 0 unspecified atom stereocenters. The summed E-state index contributed by atoms with van der Waals surface area (Å²) in [5, 5.41) is 15.1. The molecule has 2 aromatic carbocycles. The van der Waals surface area contributed by atoms with E-state index in [1.165, 1.54) is 4.80 Å². The minimum atomic E-state index is -0.307. The van der Waals surface area contributed by atoms with Gasteiger partial charge in [-0.3, -0.25) is 9.59 Å². The summed E-state index contributed by atoms with van der Waals surface area (Å²) in [4.78, 5) is 27.5. The van der Waals surface area contributed by atoms with Gasteiger partial charge in [0.2, 0.25) is 17.6 Å². The van der Waals surface area contributed by atoms with E-state index in [1.807, 2.05) is 36.4 Å². The number of aromatic nitrogens is 4. The molecular formula is C20H20N6O3. The third-order valence-corrected chi connectivity index (χ3v) is 4.61. The topological polar surface area (TPSA) is 102 Å². The lowest BCUT2D eigenvalue weighted by Gasteiger charge is -2.19. The van der Waals surface area contributed by atoms with Gasteiger partial charge in [0.15, 0.2) is 0 Å². The Balaban J connectivity index is 1.46. The highest BCUT2D eigenvalue weighted by Crippen LogP contribution is 2.29. The molecule has 9 heteroatoms. The summed E-state index contributed by atoms with van der Waals surface area (Å²) >= 11 is 0. The number of carbonyl (C=O) groups is 2. The molecule has 0 radical (unpaired) electrons. The molecule has 4 rings (SSSR count). The lowest BCUT2D eigenvalue weighted by molar-refractivity contribution is -0.118. The van der Waals surface area contributed by atoms with Crippen LogP contribution in [0.2, 0.25) is 0 Å². The maximum atomic E-state index is 12.5. The molecule has 0 saturated carbocycles. The van der Waals surface area contributed by atoms with Gasteiger partial charge >= 0.3 is 0 Å². The first-order valence-corrected chi connectivity index (χ1v) is 9.25.